The van der Waals surface area contributed by atoms with Crippen LogP contribution in [0, 0.1) is 18.2 Å². The highest BCUT2D eigenvalue weighted by atomic mass is 14.7. The van der Waals surface area contributed by atoms with E-state index >= 15 is 0 Å². The lowest BCUT2D eigenvalue weighted by atomic mass is 9.75. The summed E-state index contributed by atoms with van der Waals surface area (Å²) >= 11 is 0. The van der Waals surface area contributed by atoms with Gasteiger partial charge in [-0.2, -0.15) is 0 Å². The van der Waals surface area contributed by atoms with E-state index in [1.807, 2.05) is 13.0 Å². The van der Waals surface area contributed by atoms with Gasteiger partial charge in [-0.3, -0.25) is 4.98 Å². The van der Waals surface area contributed by atoms with Crippen LogP contribution in [0.2, 0.25) is 0 Å². The Kier molecular flexibility index (Phi) is 2.10. The van der Waals surface area contributed by atoms with Crippen LogP contribution >= 0.6 is 0 Å². The van der Waals surface area contributed by atoms with E-state index in [0.717, 1.165) is 11.1 Å². The predicted molar refractivity (Wildman–Crippen MR) is 82.9 cm³/mol. The fraction of sp³-hybridized carbons (Fsp3) is 0.500. The minimum absolute atomic E-state index is 0.0150. The molecule has 0 saturated carbocycles. The fourth-order valence-corrected chi connectivity index (χ4v) is 2.61. The van der Waals surface area contributed by atoms with Gasteiger partial charge in [0.1, 0.15) is 0 Å². The van der Waals surface area contributed by atoms with E-state index in [1.165, 1.54) is 6.07 Å². The summed E-state index contributed by atoms with van der Waals surface area (Å²) in [5.41, 5.74) is 3.04. The van der Waals surface area contributed by atoms with Gasteiger partial charge in [-0.1, -0.05) is 45.3 Å². The quantitative estimate of drug-likeness (QED) is 0.679. The van der Waals surface area contributed by atoms with Crippen LogP contribution < -0.4 is 0 Å². The zero-order chi connectivity index (χ0) is 19.2. The average molecular weight is 261 g/mol. The highest BCUT2D eigenvalue weighted by Gasteiger charge is 2.25. The van der Waals surface area contributed by atoms with Gasteiger partial charge in [0, 0.05) is 13.9 Å². The molecule has 1 aliphatic rings. The highest BCUT2D eigenvalue weighted by Crippen LogP contribution is 2.40. The molecule has 1 nitrogen and oxygen atoms in total. The van der Waals surface area contributed by atoms with E-state index in [-0.39, 0.29) is 11.1 Å². The number of pyridine rings is 1. The third-order valence-electron chi connectivity index (χ3n) is 3.50. The van der Waals surface area contributed by atoms with E-state index < -0.39 is 19.6 Å². The summed E-state index contributed by atoms with van der Waals surface area (Å²) in [6.07, 6.45) is 2.33. The molecule has 0 fully saturated rings. The van der Waals surface area contributed by atoms with Crippen LogP contribution in [-0.2, 0) is 0 Å². The molecule has 1 aromatic heterocycles. The molecule has 1 aromatic rings. The van der Waals surface area contributed by atoms with E-state index in [4.69, 9.17) is 8.22 Å². The van der Waals surface area contributed by atoms with Gasteiger partial charge in [0.2, 0.25) is 0 Å². The molecular weight excluding hydrogens is 230 g/mol. The normalized spacial score (nSPS) is 26.5. The van der Waals surface area contributed by atoms with Crippen LogP contribution in [0.3, 0.4) is 0 Å². The summed E-state index contributed by atoms with van der Waals surface area (Å²) < 4.78 is 46.5. The topological polar surface area (TPSA) is 12.9 Å². The third kappa shape index (κ3) is 2.97. The number of rotatable bonds is 1. The standard InChI is InChI=1S/C18H25N/c1-12-10-13(2)16(18(4,5)6)11-15(12)17-9-7-8-14(3)19-17/h7-9,11-12H,10H2,1-6H3/i1D3,3D3. The summed E-state index contributed by atoms with van der Waals surface area (Å²) in [6.45, 7) is 3.73. The molecule has 2 rings (SSSR count). The van der Waals surface area contributed by atoms with E-state index in [1.54, 1.807) is 12.1 Å². The van der Waals surface area contributed by atoms with Crippen LogP contribution in [0.5, 0.6) is 0 Å². The Balaban J connectivity index is 2.64. The molecule has 0 amide bonds. The smallest absolute Gasteiger partial charge is 0.0667 e. The maximum atomic E-state index is 7.93. The Morgan fingerprint density at radius 3 is 2.74 bits per heavy atom. The Morgan fingerprint density at radius 1 is 1.32 bits per heavy atom. The van der Waals surface area contributed by atoms with Crippen molar-refractivity contribution in [3.63, 3.8) is 0 Å². The summed E-state index contributed by atoms with van der Waals surface area (Å²) in [7, 11) is 0. The Bertz CT molecular complexity index is 716. The second kappa shape index (κ2) is 4.96. The molecule has 0 saturated heterocycles. The molecule has 0 aliphatic heterocycles. The van der Waals surface area contributed by atoms with Crippen molar-refractivity contribution in [2.45, 2.75) is 47.8 Å². The van der Waals surface area contributed by atoms with Gasteiger partial charge in [0.15, 0.2) is 0 Å². The summed E-state index contributed by atoms with van der Waals surface area (Å²) in [4.78, 5) is 4.27. The molecule has 1 heterocycles. The van der Waals surface area contributed by atoms with Crippen molar-refractivity contribution in [1.82, 2.24) is 4.98 Å². The molecule has 0 spiro atoms. The first-order valence-corrected chi connectivity index (χ1v) is 6.61. The second-order valence-corrected chi connectivity index (χ2v) is 6.21. The summed E-state index contributed by atoms with van der Waals surface area (Å²) in [6, 6.07) is 4.78. The predicted octanol–water partition coefficient (Wildman–Crippen LogP) is 5.18. The number of aromatic nitrogens is 1. The first kappa shape index (κ1) is 8.04. The van der Waals surface area contributed by atoms with Gasteiger partial charge < -0.3 is 0 Å². The van der Waals surface area contributed by atoms with Crippen LogP contribution in [0.15, 0.2) is 35.4 Å². The monoisotopic (exact) mass is 261 g/mol. The van der Waals surface area contributed by atoms with Crippen molar-refractivity contribution in [3.05, 3.63) is 46.8 Å². The summed E-state index contributed by atoms with van der Waals surface area (Å²) in [5.74, 6) is -0.682. The van der Waals surface area contributed by atoms with Crippen LogP contribution in [0.1, 0.15) is 60.6 Å². The number of hydrogen-bond acceptors (Lipinski definition) is 1. The minimum Gasteiger partial charge on any atom is -0.253 e. The molecular formula is C18H25N. The number of aryl methyl sites for hydroxylation is 1. The SMILES string of the molecule is [2H]C([2H])([2H])c1cccc(C2=CC(C(C)(C)C)=C(C)CC2C([2H])([2H])[2H])n1. The lowest BCUT2D eigenvalue weighted by molar-refractivity contribution is 0.501. The zero-order valence-electron chi connectivity index (χ0n) is 18.0. The largest absolute Gasteiger partial charge is 0.253 e. The van der Waals surface area contributed by atoms with Gasteiger partial charge in [-0.15, -0.1) is 0 Å². The fourth-order valence-electron chi connectivity index (χ4n) is 2.61. The van der Waals surface area contributed by atoms with Gasteiger partial charge in [-0.05, 0) is 54.8 Å². The molecule has 0 bridgehead atoms. The maximum Gasteiger partial charge on any atom is 0.0667 e. The van der Waals surface area contributed by atoms with Gasteiger partial charge in [0.05, 0.1) is 5.69 Å². The van der Waals surface area contributed by atoms with Crippen molar-refractivity contribution in [2.75, 3.05) is 0 Å². The molecule has 1 heteroatoms. The maximum absolute atomic E-state index is 7.93. The molecule has 1 atom stereocenters. The van der Waals surface area contributed by atoms with E-state index in [9.17, 15) is 0 Å². The molecule has 19 heavy (non-hydrogen) atoms. The van der Waals surface area contributed by atoms with Crippen LogP contribution in [0.4, 0.5) is 0 Å². The van der Waals surface area contributed by atoms with Gasteiger partial charge in [-0.25, -0.2) is 0 Å². The highest BCUT2D eigenvalue weighted by molar-refractivity contribution is 5.70. The Morgan fingerprint density at radius 2 is 2.11 bits per heavy atom. The van der Waals surface area contributed by atoms with E-state index in [0.29, 0.717) is 17.7 Å². The molecule has 102 valence electrons. The number of nitrogens with zero attached hydrogens (tertiary/aromatic N) is 1. The zero-order valence-corrected chi connectivity index (χ0v) is 12.0. The molecule has 1 aliphatic carbocycles. The van der Waals surface area contributed by atoms with Crippen molar-refractivity contribution >= 4 is 5.57 Å². The first-order valence-electron chi connectivity index (χ1n) is 9.61. The molecule has 0 aromatic carbocycles. The first-order chi connectivity index (χ1) is 11.2. The second-order valence-electron chi connectivity index (χ2n) is 6.21. The van der Waals surface area contributed by atoms with Crippen molar-refractivity contribution in [3.8, 4) is 0 Å². The lowest BCUT2D eigenvalue weighted by Crippen LogP contribution is -2.16. The van der Waals surface area contributed by atoms with Gasteiger partial charge in [0.25, 0.3) is 0 Å². The lowest BCUT2D eigenvalue weighted by Gasteiger charge is -2.31. The average Bonchev–Trinajstić information content (AvgIpc) is 2.44. The Labute approximate surface area is 125 Å². The van der Waals surface area contributed by atoms with Crippen molar-refractivity contribution < 1.29 is 8.22 Å². The van der Waals surface area contributed by atoms with Crippen molar-refractivity contribution in [2.24, 2.45) is 11.3 Å². The third-order valence-corrected chi connectivity index (χ3v) is 3.50. The molecule has 0 N–H and O–H groups in total. The van der Waals surface area contributed by atoms with Crippen molar-refractivity contribution in [1.29, 1.82) is 0 Å². The minimum atomic E-state index is -2.32. The number of allylic oxidation sites excluding steroid dienone is 4. The molecule has 1 unspecified atom stereocenters. The Hall–Kier alpha value is -1.37. The van der Waals surface area contributed by atoms with Crippen LogP contribution in [-0.4, -0.2) is 4.98 Å². The number of hydrogen-bond donors (Lipinski definition) is 0. The van der Waals surface area contributed by atoms with Crippen LogP contribution in [0.25, 0.3) is 5.57 Å². The van der Waals surface area contributed by atoms with Gasteiger partial charge >= 0.3 is 0 Å². The molecule has 0 radical (unpaired) electrons. The van der Waals surface area contributed by atoms with E-state index in [2.05, 4.69) is 25.8 Å². The summed E-state index contributed by atoms with van der Waals surface area (Å²) in [5, 5.41) is 0.